The van der Waals surface area contributed by atoms with E-state index in [1.807, 2.05) is 6.07 Å². The second kappa shape index (κ2) is 6.94. The van der Waals surface area contributed by atoms with Crippen LogP contribution >= 0.6 is 0 Å². The number of anilines is 2. The predicted octanol–water partition coefficient (Wildman–Crippen LogP) is 2.18. The van der Waals surface area contributed by atoms with Crippen molar-refractivity contribution in [1.29, 1.82) is 0 Å². The number of fused-ring (bicyclic) bond motifs is 2. The number of nitrogens with one attached hydrogen (secondary N) is 1. The summed E-state index contributed by atoms with van der Waals surface area (Å²) < 4.78 is 6.90. The van der Waals surface area contributed by atoms with E-state index >= 15 is 0 Å². The van der Waals surface area contributed by atoms with Crippen LogP contribution in [-0.4, -0.2) is 44.5 Å². The molecule has 1 aliphatic heterocycles. The summed E-state index contributed by atoms with van der Waals surface area (Å²) >= 11 is 0. The van der Waals surface area contributed by atoms with Gasteiger partial charge in [-0.1, -0.05) is 25.0 Å². The Morgan fingerprint density at radius 2 is 1.93 bits per heavy atom. The van der Waals surface area contributed by atoms with Gasteiger partial charge in [0.2, 0.25) is 0 Å². The zero-order chi connectivity index (χ0) is 20.7. The van der Waals surface area contributed by atoms with Gasteiger partial charge in [0.05, 0.1) is 16.9 Å². The van der Waals surface area contributed by atoms with E-state index in [1.165, 1.54) is 11.2 Å². The predicted molar refractivity (Wildman–Crippen MR) is 107 cm³/mol. The van der Waals surface area contributed by atoms with E-state index in [4.69, 9.17) is 4.74 Å². The summed E-state index contributed by atoms with van der Waals surface area (Å²) in [5, 5.41) is 10.6. The summed E-state index contributed by atoms with van der Waals surface area (Å²) in [5.41, 5.74) is 1.16. The number of para-hydroxylation sites is 2. The van der Waals surface area contributed by atoms with Crippen LogP contribution in [0.5, 0.6) is 0 Å². The van der Waals surface area contributed by atoms with Gasteiger partial charge in [-0.05, 0) is 37.1 Å². The number of pyridine rings is 1. The van der Waals surface area contributed by atoms with Crippen molar-refractivity contribution in [2.24, 2.45) is 0 Å². The van der Waals surface area contributed by atoms with Crippen molar-refractivity contribution in [2.75, 3.05) is 16.8 Å². The number of amides is 2. The van der Waals surface area contributed by atoms with Gasteiger partial charge in [0.15, 0.2) is 12.3 Å². The van der Waals surface area contributed by atoms with Crippen LogP contribution in [0.3, 0.4) is 0 Å². The molecule has 2 aromatic heterocycles. The molecular formula is C21H19N5O4. The molecule has 1 spiro atoms. The summed E-state index contributed by atoms with van der Waals surface area (Å²) in [6, 6.07) is 10.4. The van der Waals surface area contributed by atoms with Crippen LogP contribution in [-0.2, 0) is 14.3 Å². The summed E-state index contributed by atoms with van der Waals surface area (Å²) in [7, 11) is 0. The molecule has 152 valence electrons. The second-order valence-electron chi connectivity index (χ2n) is 7.53. The fourth-order valence-electron chi connectivity index (χ4n) is 4.35. The maximum Gasteiger partial charge on any atom is 0.340 e. The number of hydrogen-bond donors (Lipinski definition) is 1. The van der Waals surface area contributed by atoms with Crippen molar-refractivity contribution in [1.82, 2.24) is 14.6 Å². The molecule has 0 radical (unpaired) electrons. The Morgan fingerprint density at radius 3 is 2.77 bits per heavy atom. The van der Waals surface area contributed by atoms with Gasteiger partial charge in [0, 0.05) is 6.20 Å². The lowest BCUT2D eigenvalue weighted by molar-refractivity contribution is -0.129. The fourth-order valence-corrected chi connectivity index (χ4v) is 4.35. The standard InChI is InChI=1S/C21H19N5O4/c27-18(12-30-19(28)14-7-8-17-24-22-13-25(17)11-14)26-16-6-2-1-5-15(16)23-20(29)21(26)9-3-4-10-21/h1-2,5-8,11,13H,3-4,9-10,12H2,(H,23,29). The number of carbonyl (C=O) groups excluding carboxylic acids is 3. The molecule has 1 saturated carbocycles. The zero-order valence-electron chi connectivity index (χ0n) is 16.1. The van der Waals surface area contributed by atoms with Gasteiger partial charge < -0.3 is 10.1 Å². The van der Waals surface area contributed by atoms with Gasteiger partial charge in [-0.25, -0.2) is 4.79 Å². The van der Waals surface area contributed by atoms with E-state index < -0.39 is 24.0 Å². The first kappa shape index (κ1) is 18.3. The van der Waals surface area contributed by atoms with Crippen molar-refractivity contribution < 1.29 is 19.1 Å². The quantitative estimate of drug-likeness (QED) is 0.670. The molecule has 3 heterocycles. The molecule has 1 N–H and O–H groups in total. The Bertz CT molecular complexity index is 1160. The lowest BCUT2D eigenvalue weighted by atomic mass is 9.90. The Balaban J connectivity index is 1.39. The van der Waals surface area contributed by atoms with Crippen LogP contribution in [0.25, 0.3) is 5.65 Å². The summed E-state index contributed by atoms with van der Waals surface area (Å²) in [4.78, 5) is 40.2. The molecule has 0 unspecified atom stereocenters. The summed E-state index contributed by atoms with van der Waals surface area (Å²) in [5.74, 6) is -1.23. The van der Waals surface area contributed by atoms with E-state index in [2.05, 4.69) is 15.5 Å². The smallest absolute Gasteiger partial charge is 0.340 e. The third-order valence-corrected chi connectivity index (χ3v) is 5.78. The van der Waals surface area contributed by atoms with Crippen LogP contribution in [0, 0.1) is 0 Å². The Hall–Kier alpha value is -3.75. The van der Waals surface area contributed by atoms with Crippen molar-refractivity contribution in [2.45, 2.75) is 31.2 Å². The third-order valence-electron chi connectivity index (χ3n) is 5.78. The summed E-state index contributed by atoms with van der Waals surface area (Å²) in [6.07, 6.45) is 5.90. The third kappa shape index (κ3) is 2.81. The first-order chi connectivity index (χ1) is 14.6. The Morgan fingerprint density at radius 1 is 1.13 bits per heavy atom. The van der Waals surface area contributed by atoms with Gasteiger partial charge in [0.25, 0.3) is 11.8 Å². The topological polar surface area (TPSA) is 106 Å². The van der Waals surface area contributed by atoms with Gasteiger partial charge in [0.1, 0.15) is 11.9 Å². The number of nitrogens with zero attached hydrogens (tertiary/aromatic N) is 4. The highest BCUT2D eigenvalue weighted by molar-refractivity contribution is 6.15. The highest BCUT2D eigenvalue weighted by atomic mass is 16.5. The molecule has 1 aromatic carbocycles. The van der Waals surface area contributed by atoms with E-state index in [9.17, 15) is 14.4 Å². The molecule has 5 rings (SSSR count). The zero-order valence-corrected chi connectivity index (χ0v) is 16.1. The lowest BCUT2D eigenvalue weighted by Crippen LogP contribution is -2.61. The SMILES string of the molecule is O=C(OCC(=O)N1c2ccccc2NC(=O)C12CCCC2)c1ccc2nncn2c1. The molecule has 0 atom stereocenters. The number of aromatic nitrogens is 3. The number of rotatable bonds is 3. The maximum atomic E-state index is 13.2. The maximum absolute atomic E-state index is 13.2. The van der Waals surface area contributed by atoms with Gasteiger partial charge >= 0.3 is 5.97 Å². The normalized spacial score (nSPS) is 17.1. The van der Waals surface area contributed by atoms with E-state index in [0.717, 1.165) is 12.8 Å². The average Bonchev–Trinajstić information content (AvgIpc) is 3.42. The minimum atomic E-state index is -0.931. The average molecular weight is 405 g/mol. The van der Waals surface area contributed by atoms with Gasteiger partial charge in [-0.2, -0.15) is 0 Å². The second-order valence-corrected chi connectivity index (χ2v) is 7.53. The molecule has 1 aliphatic carbocycles. The number of hydrogen-bond acceptors (Lipinski definition) is 6. The monoisotopic (exact) mass is 405 g/mol. The number of esters is 1. The molecule has 3 aromatic rings. The Kier molecular flexibility index (Phi) is 4.23. The van der Waals surface area contributed by atoms with Crippen LogP contribution in [0.4, 0.5) is 11.4 Å². The molecule has 0 bridgehead atoms. The van der Waals surface area contributed by atoms with Crippen LogP contribution in [0.2, 0.25) is 0 Å². The largest absolute Gasteiger partial charge is 0.452 e. The Labute approximate surface area is 171 Å². The highest BCUT2D eigenvalue weighted by Crippen LogP contribution is 2.45. The first-order valence-electron chi connectivity index (χ1n) is 9.79. The molecule has 2 amide bonds. The number of carbonyl (C=O) groups is 3. The number of ether oxygens (including phenoxy) is 1. The first-order valence-corrected chi connectivity index (χ1v) is 9.79. The van der Waals surface area contributed by atoms with Gasteiger partial charge in [-0.3, -0.25) is 18.9 Å². The van der Waals surface area contributed by atoms with Crippen molar-refractivity contribution in [3.63, 3.8) is 0 Å². The van der Waals surface area contributed by atoms with Crippen LogP contribution < -0.4 is 10.2 Å². The van der Waals surface area contributed by atoms with Gasteiger partial charge in [-0.15, -0.1) is 10.2 Å². The summed E-state index contributed by atoms with van der Waals surface area (Å²) in [6.45, 7) is -0.456. The lowest BCUT2D eigenvalue weighted by Gasteiger charge is -2.44. The molecule has 1 fully saturated rings. The highest BCUT2D eigenvalue weighted by Gasteiger charge is 2.52. The number of benzene rings is 1. The minimum absolute atomic E-state index is 0.184. The molecule has 9 nitrogen and oxygen atoms in total. The molecule has 9 heteroatoms. The van der Waals surface area contributed by atoms with E-state index in [1.54, 1.807) is 40.9 Å². The fraction of sp³-hybridized carbons (Fsp3) is 0.286. The molecular weight excluding hydrogens is 386 g/mol. The van der Waals surface area contributed by atoms with Crippen molar-refractivity contribution in [3.05, 3.63) is 54.5 Å². The van der Waals surface area contributed by atoms with Crippen molar-refractivity contribution >= 4 is 34.8 Å². The molecule has 0 saturated heterocycles. The minimum Gasteiger partial charge on any atom is -0.452 e. The van der Waals surface area contributed by atoms with E-state index in [-0.39, 0.29) is 11.5 Å². The molecule has 2 aliphatic rings. The van der Waals surface area contributed by atoms with Crippen molar-refractivity contribution in [3.8, 4) is 0 Å². The van der Waals surface area contributed by atoms with E-state index in [0.29, 0.717) is 29.9 Å². The van der Waals surface area contributed by atoms with Crippen LogP contribution in [0.15, 0.2) is 48.9 Å². The van der Waals surface area contributed by atoms with Crippen LogP contribution in [0.1, 0.15) is 36.0 Å². The molecule has 30 heavy (non-hydrogen) atoms.